The molecule has 1 fully saturated rings. The lowest BCUT2D eigenvalue weighted by Gasteiger charge is -2.38. The maximum atomic E-state index is 14.4. The van der Waals surface area contributed by atoms with Gasteiger partial charge in [-0.15, -0.1) is 0 Å². The molecule has 4 heterocycles. The van der Waals surface area contributed by atoms with Crippen LogP contribution in [0.15, 0.2) is 41.2 Å². The average molecular weight is 808 g/mol. The number of phenols is 3. The first-order valence-electron chi connectivity index (χ1n) is 19.7. The molecule has 0 aliphatic carbocycles. The highest BCUT2D eigenvalue weighted by Crippen LogP contribution is 2.55. The Kier molecular flexibility index (Phi) is 13.5. The number of phenolic OH excluding ortho intramolecular Hbond substituents is 3. The number of fused-ring (bicyclic) bond motifs is 14. The number of ether oxygens (including phenoxy) is 4. The molecule has 0 spiro atoms. The Labute approximate surface area is 338 Å². The molecule has 6 N–H and O–H groups in total. The number of ketones is 1. The molecule has 15 heteroatoms. The molecule has 15 nitrogen and oxygen atoms in total. The number of hydrazone groups is 1. The average Bonchev–Trinajstić information content (AvgIpc) is 3.46. The number of aliphatic hydroxyl groups is 2. The number of piperidine rings is 1. The predicted molar refractivity (Wildman–Crippen MR) is 217 cm³/mol. The minimum Gasteiger partial charge on any atom is -0.507 e. The molecule has 0 radical (unpaired) electrons. The van der Waals surface area contributed by atoms with Gasteiger partial charge in [-0.3, -0.25) is 19.4 Å². The van der Waals surface area contributed by atoms with E-state index in [2.05, 4.69) is 10.4 Å². The zero-order valence-electron chi connectivity index (χ0n) is 34.6. The monoisotopic (exact) mass is 807 g/mol. The number of amides is 1. The van der Waals surface area contributed by atoms with Crippen LogP contribution in [0.2, 0.25) is 0 Å². The highest BCUT2D eigenvalue weighted by Gasteiger charge is 2.50. The summed E-state index contributed by atoms with van der Waals surface area (Å²) in [6.45, 7) is 13.8. The number of methoxy groups -OCH3 is 1. The van der Waals surface area contributed by atoms with E-state index < -0.39 is 88.8 Å². The fourth-order valence-electron chi connectivity index (χ4n) is 8.00. The van der Waals surface area contributed by atoms with E-state index in [9.17, 15) is 39.9 Å². The van der Waals surface area contributed by atoms with Crippen LogP contribution in [0.4, 0.5) is 5.69 Å². The largest absolute Gasteiger partial charge is 0.507 e. The van der Waals surface area contributed by atoms with Crippen LogP contribution < -0.4 is 10.1 Å². The Bertz CT molecular complexity index is 2040. The van der Waals surface area contributed by atoms with Gasteiger partial charge in [-0.2, -0.15) is 5.10 Å². The maximum absolute atomic E-state index is 14.4. The van der Waals surface area contributed by atoms with Crippen molar-refractivity contribution in [3.8, 4) is 23.0 Å². The van der Waals surface area contributed by atoms with Gasteiger partial charge in [0.05, 0.1) is 53.0 Å². The number of nitrogens with one attached hydrogen (secondary N) is 1. The Hall–Kier alpha value is -5.12. The maximum Gasteiger partial charge on any atom is 0.312 e. The number of Topliss-reactive ketones (excluding diaryl/α,β-unsaturated/α-hetero) is 1. The highest BCUT2D eigenvalue weighted by molar-refractivity contribution is 6.23. The van der Waals surface area contributed by atoms with E-state index in [1.807, 2.05) is 0 Å². The summed E-state index contributed by atoms with van der Waals surface area (Å²) < 4.78 is 23.6. The molecular formula is C43H57N3O12. The van der Waals surface area contributed by atoms with E-state index in [0.29, 0.717) is 13.1 Å². The number of carbonyl (C=O) groups excluding carboxylic acids is 3. The number of aliphatic hydroxyl groups excluding tert-OH is 2. The highest BCUT2D eigenvalue weighted by atomic mass is 16.7. The van der Waals surface area contributed by atoms with Gasteiger partial charge < -0.3 is 49.8 Å². The number of allylic oxidation sites excluding steroid dienone is 2. The fourth-order valence-corrected chi connectivity index (χ4v) is 8.00. The third-order valence-electron chi connectivity index (χ3n) is 11.7. The number of hydrogen-bond donors (Lipinski definition) is 6. The molecule has 58 heavy (non-hydrogen) atoms. The first-order chi connectivity index (χ1) is 27.3. The summed E-state index contributed by atoms with van der Waals surface area (Å²) in [4.78, 5) is 40.4. The third kappa shape index (κ3) is 8.52. The third-order valence-corrected chi connectivity index (χ3v) is 11.7. The molecule has 9 atom stereocenters. The first kappa shape index (κ1) is 44.0. The second-order valence-corrected chi connectivity index (χ2v) is 15.9. The minimum atomic E-state index is -2.03. The Morgan fingerprint density at radius 2 is 1.62 bits per heavy atom. The van der Waals surface area contributed by atoms with Crippen molar-refractivity contribution in [1.82, 2.24) is 5.01 Å². The summed E-state index contributed by atoms with van der Waals surface area (Å²) in [6, 6.07) is 0. The van der Waals surface area contributed by atoms with Crippen molar-refractivity contribution in [1.29, 1.82) is 0 Å². The van der Waals surface area contributed by atoms with Crippen molar-refractivity contribution in [2.75, 3.05) is 25.5 Å². The van der Waals surface area contributed by atoms with Crippen molar-refractivity contribution < 1.29 is 58.9 Å². The summed E-state index contributed by atoms with van der Waals surface area (Å²) in [5, 5.41) is 66.8. The van der Waals surface area contributed by atoms with Crippen LogP contribution in [0.1, 0.15) is 89.2 Å². The summed E-state index contributed by atoms with van der Waals surface area (Å²) in [5.41, 5.74) is -0.303. The van der Waals surface area contributed by atoms with E-state index in [1.54, 1.807) is 44.9 Å². The number of hydrogen-bond acceptors (Lipinski definition) is 14. The van der Waals surface area contributed by atoms with Crippen LogP contribution in [-0.4, -0.2) is 105 Å². The summed E-state index contributed by atoms with van der Waals surface area (Å²) >= 11 is 0. The first-order valence-corrected chi connectivity index (χ1v) is 19.7. The van der Waals surface area contributed by atoms with Gasteiger partial charge in [-0.05, 0) is 39.2 Å². The van der Waals surface area contributed by atoms with Crippen LogP contribution in [0, 0.1) is 30.6 Å². The van der Waals surface area contributed by atoms with Crippen molar-refractivity contribution >= 4 is 40.3 Å². The molecule has 0 aromatic heterocycles. The lowest BCUT2D eigenvalue weighted by atomic mass is 9.78. The Morgan fingerprint density at radius 1 is 0.948 bits per heavy atom. The zero-order chi connectivity index (χ0) is 42.8. The molecule has 6 rings (SSSR count). The summed E-state index contributed by atoms with van der Waals surface area (Å²) in [5.74, 6) is -8.27. The number of aromatic hydroxyl groups is 3. The minimum absolute atomic E-state index is 0.0614. The summed E-state index contributed by atoms with van der Waals surface area (Å²) in [6.07, 6.45) is 7.74. The van der Waals surface area contributed by atoms with Crippen LogP contribution in [0.3, 0.4) is 0 Å². The van der Waals surface area contributed by atoms with E-state index in [0.717, 1.165) is 19.3 Å². The number of rotatable bonds is 4. The molecule has 9 unspecified atom stereocenters. The topological polar surface area (TPSA) is 217 Å². The quantitative estimate of drug-likeness (QED) is 0.0965. The summed E-state index contributed by atoms with van der Waals surface area (Å²) in [7, 11) is 1.44. The van der Waals surface area contributed by atoms with Gasteiger partial charge in [0.2, 0.25) is 0 Å². The normalized spacial score (nSPS) is 32.1. The molecular weight excluding hydrogens is 750 g/mol. The van der Waals surface area contributed by atoms with E-state index >= 15 is 0 Å². The lowest BCUT2D eigenvalue weighted by Crippen LogP contribution is -2.46. The van der Waals surface area contributed by atoms with Crippen molar-refractivity contribution in [2.45, 2.75) is 105 Å². The molecule has 2 aromatic rings. The van der Waals surface area contributed by atoms with Crippen molar-refractivity contribution in [3.05, 3.63) is 52.8 Å². The Balaban J connectivity index is 1.71. The standard InChI is InChI=1S/C43H57N3O12/c1-21-14-13-15-22(2)42(54)45-33-28(20-44-46-17-11-10-12-18-46)37(51)30-31(38(33)52)36(50)26(6)40-32(30)41(53)43(8,58-40)56-19-16-29(55-9)23(3)39(57-27(7)47)25(5)35(49)24(4)34(21)48/h13-16,19-21,23-25,29,34-35,39,48-52H,10-12,17-18H2,1-9H3,(H,45,54)/b14-13+,19-16+,22-15+,44-20-. The molecule has 5 bridgehead atoms. The predicted octanol–water partition coefficient (Wildman–Crippen LogP) is 5.57. The molecule has 1 amide bonds. The van der Waals surface area contributed by atoms with Gasteiger partial charge >= 0.3 is 11.8 Å². The van der Waals surface area contributed by atoms with Gasteiger partial charge in [0, 0.05) is 74.2 Å². The van der Waals surface area contributed by atoms with Crippen LogP contribution in [0.25, 0.3) is 10.8 Å². The number of anilines is 1. The second kappa shape index (κ2) is 17.8. The van der Waals surface area contributed by atoms with Crippen LogP contribution >= 0.6 is 0 Å². The number of carbonyl (C=O) groups is 3. The van der Waals surface area contributed by atoms with Crippen molar-refractivity contribution in [3.63, 3.8) is 0 Å². The van der Waals surface area contributed by atoms with Crippen LogP contribution in [0.5, 0.6) is 23.0 Å². The van der Waals surface area contributed by atoms with Gasteiger partial charge in [0.15, 0.2) is 5.75 Å². The smallest absolute Gasteiger partial charge is 0.312 e. The van der Waals surface area contributed by atoms with Crippen LogP contribution in [-0.2, 0) is 23.8 Å². The van der Waals surface area contributed by atoms with Crippen molar-refractivity contribution in [2.24, 2.45) is 28.8 Å². The fraction of sp³-hybridized carbons (Fsp3) is 0.535. The van der Waals surface area contributed by atoms with Gasteiger partial charge in [0.25, 0.3) is 11.7 Å². The Morgan fingerprint density at radius 3 is 2.26 bits per heavy atom. The lowest BCUT2D eigenvalue weighted by molar-refractivity contribution is -0.160. The van der Waals surface area contributed by atoms with E-state index in [4.69, 9.17) is 18.9 Å². The number of nitrogens with zero attached hydrogens (tertiary/aromatic N) is 2. The molecule has 2 aromatic carbocycles. The SMILES string of the molecule is COC1/C=C/OC2(C)Oc3c(C)c(O)c4c(O)c(c(/C=N\N5CCCCC5)c(O)c4c3C2=O)NC(=O)/C(C)=C/C=C/C(C)C(O)C(C)C(O)C(C)C(OC(C)=O)C1C. The molecule has 4 aliphatic rings. The molecule has 4 aliphatic heterocycles. The molecule has 1 saturated heterocycles. The second-order valence-electron chi connectivity index (χ2n) is 15.9. The number of benzene rings is 2. The van der Waals surface area contributed by atoms with Gasteiger partial charge in [-0.25, -0.2) is 0 Å². The molecule has 316 valence electrons. The molecule has 0 saturated carbocycles. The van der Waals surface area contributed by atoms with E-state index in [-0.39, 0.29) is 44.5 Å². The zero-order valence-corrected chi connectivity index (χ0v) is 34.6. The van der Waals surface area contributed by atoms with Gasteiger partial charge in [0.1, 0.15) is 23.4 Å². The van der Waals surface area contributed by atoms with E-state index in [1.165, 1.54) is 59.4 Å². The number of esters is 1. The van der Waals surface area contributed by atoms with Gasteiger partial charge in [-0.1, -0.05) is 45.9 Å².